The number of aryl methyl sites for hydroxylation is 1. The van der Waals surface area contributed by atoms with Crippen LogP contribution in [0.15, 0.2) is 45.8 Å². The van der Waals surface area contributed by atoms with Crippen molar-refractivity contribution in [1.82, 2.24) is 15.5 Å². The van der Waals surface area contributed by atoms with Gasteiger partial charge in [-0.1, -0.05) is 12.1 Å². The zero-order valence-electron chi connectivity index (χ0n) is 15.5. The molecule has 2 N–H and O–H groups in total. The van der Waals surface area contributed by atoms with Crippen molar-refractivity contribution in [2.24, 2.45) is 4.99 Å². The third kappa shape index (κ3) is 4.85. The molecule has 3 rings (SSSR count). The molecule has 0 spiro atoms. The van der Waals surface area contributed by atoms with Crippen molar-refractivity contribution in [1.29, 1.82) is 0 Å². The second-order valence-electron chi connectivity index (χ2n) is 6.64. The van der Waals surface area contributed by atoms with E-state index in [-0.39, 0.29) is 11.9 Å². The van der Waals surface area contributed by atoms with E-state index in [2.05, 4.69) is 26.6 Å². The molecule has 0 bridgehead atoms. The summed E-state index contributed by atoms with van der Waals surface area (Å²) in [6.45, 7) is 5.36. The maximum absolute atomic E-state index is 13.3. The summed E-state index contributed by atoms with van der Waals surface area (Å²) in [7, 11) is 1.74. The first kappa shape index (κ1) is 18.5. The molecule has 1 aliphatic heterocycles. The van der Waals surface area contributed by atoms with Crippen LogP contribution in [0.3, 0.4) is 0 Å². The molecule has 140 valence electrons. The number of benzene rings is 1. The molecule has 2 heterocycles. The summed E-state index contributed by atoms with van der Waals surface area (Å²) in [5, 5.41) is 6.62. The molecule has 6 heteroatoms. The van der Waals surface area contributed by atoms with Gasteiger partial charge < -0.3 is 15.1 Å². The molecule has 0 radical (unpaired) electrons. The third-order valence-corrected chi connectivity index (χ3v) is 4.71. The number of nitrogens with zero attached hydrogens (tertiary/aromatic N) is 2. The van der Waals surface area contributed by atoms with Crippen LogP contribution in [-0.4, -0.2) is 37.5 Å². The van der Waals surface area contributed by atoms with Crippen molar-refractivity contribution in [3.05, 3.63) is 59.3 Å². The summed E-state index contributed by atoms with van der Waals surface area (Å²) in [5.74, 6) is 2.38. The average molecular weight is 358 g/mol. The number of aliphatic imine (C=N–C) groups is 1. The van der Waals surface area contributed by atoms with E-state index in [4.69, 9.17) is 4.42 Å². The van der Waals surface area contributed by atoms with E-state index in [0.29, 0.717) is 19.0 Å². The molecule has 1 fully saturated rings. The molecule has 0 aliphatic carbocycles. The maximum atomic E-state index is 13.3. The fraction of sp³-hybridized carbons (Fsp3) is 0.450. The highest BCUT2D eigenvalue weighted by Gasteiger charge is 2.26. The summed E-state index contributed by atoms with van der Waals surface area (Å²) >= 11 is 0. The van der Waals surface area contributed by atoms with Gasteiger partial charge in [0.1, 0.15) is 17.3 Å². The fourth-order valence-electron chi connectivity index (χ4n) is 3.34. The molecule has 5 nitrogen and oxygen atoms in total. The Morgan fingerprint density at radius 3 is 2.69 bits per heavy atom. The number of likely N-dealkylation sites (tertiary alicyclic amines) is 1. The maximum Gasteiger partial charge on any atom is 0.191 e. The lowest BCUT2D eigenvalue weighted by Gasteiger charge is -2.26. The van der Waals surface area contributed by atoms with Crippen molar-refractivity contribution in [2.75, 3.05) is 26.7 Å². The second-order valence-corrected chi connectivity index (χ2v) is 6.64. The first-order valence-electron chi connectivity index (χ1n) is 9.15. The lowest BCUT2D eigenvalue weighted by atomic mass is 10.2. The number of hydrogen-bond donors (Lipinski definition) is 2. The van der Waals surface area contributed by atoms with Gasteiger partial charge in [0.25, 0.3) is 0 Å². The lowest BCUT2D eigenvalue weighted by Crippen LogP contribution is -2.42. The highest BCUT2D eigenvalue weighted by atomic mass is 19.1. The van der Waals surface area contributed by atoms with E-state index in [1.54, 1.807) is 13.1 Å². The molecule has 1 aromatic heterocycles. The summed E-state index contributed by atoms with van der Waals surface area (Å²) in [4.78, 5) is 6.72. The smallest absolute Gasteiger partial charge is 0.191 e. The molecule has 26 heavy (non-hydrogen) atoms. The van der Waals surface area contributed by atoms with E-state index in [1.165, 1.54) is 25.0 Å². The summed E-state index contributed by atoms with van der Waals surface area (Å²) in [6.07, 6.45) is 2.45. The van der Waals surface area contributed by atoms with Crippen molar-refractivity contribution < 1.29 is 8.81 Å². The Bertz CT molecular complexity index is 737. The Hall–Kier alpha value is -2.34. The highest BCUT2D eigenvalue weighted by molar-refractivity contribution is 5.79. The van der Waals surface area contributed by atoms with E-state index < -0.39 is 0 Å². The molecule has 1 aromatic carbocycles. The summed E-state index contributed by atoms with van der Waals surface area (Å²) in [6, 6.07) is 10.8. The SMILES string of the molecule is CN=C(NCc1cccc(F)c1)NCC(c1ccc(C)o1)N1CCCC1. The lowest BCUT2D eigenvalue weighted by molar-refractivity contribution is 0.213. The Labute approximate surface area is 154 Å². The normalized spacial score (nSPS) is 16.7. The number of nitrogens with one attached hydrogen (secondary N) is 2. The highest BCUT2D eigenvalue weighted by Crippen LogP contribution is 2.26. The molecular weight excluding hydrogens is 331 g/mol. The molecule has 1 saturated heterocycles. The number of rotatable bonds is 6. The van der Waals surface area contributed by atoms with E-state index in [0.717, 1.165) is 30.2 Å². The number of halogens is 1. The molecular formula is C20H27FN4O. The third-order valence-electron chi connectivity index (χ3n) is 4.71. The van der Waals surface area contributed by atoms with Crippen molar-refractivity contribution in [3.63, 3.8) is 0 Å². The zero-order chi connectivity index (χ0) is 18.4. The van der Waals surface area contributed by atoms with Crippen LogP contribution in [0.1, 0.15) is 36.0 Å². The van der Waals surface area contributed by atoms with Crippen LogP contribution in [0.2, 0.25) is 0 Å². The van der Waals surface area contributed by atoms with Gasteiger partial charge >= 0.3 is 0 Å². The van der Waals surface area contributed by atoms with Gasteiger partial charge in [0.15, 0.2) is 5.96 Å². The molecule has 2 aromatic rings. The van der Waals surface area contributed by atoms with E-state index >= 15 is 0 Å². The van der Waals surface area contributed by atoms with Crippen molar-refractivity contribution in [3.8, 4) is 0 Å². The molecule has 0 saturated carbocycles. The van der Waals surface area contributed by atoms with Crippen LogP contribution >= 0.6 is 0 Å². The van der Waals surface area contributed by atoms with E-state index in [1.807, 2.05) is 19.1 Å². The van der Waals surface area contributed by atoms with Crippen LogP contribution < -0.4 is 10.6 Å². The first-order valence-corrected chi connectivity index (χ1v) is 9.15. The van der Waals surface area contributed by atoms with E-state index in [9.17, 15) is 4.39 Å². The summed E-state index contributed by atoms with van der Waals surface area (Å²) < 4.78 is 19.2. The number of hydrogen-bond acceptors (Lipinski definition) is 3. The van der Waals surface area contributed by atoms with Gasteiger partial charge in [-0.25, -0.2) is 4.39 Å². The van der Waals surface area contributed by atoms with Crippen LogP contribution in [0.4, 0.5) is 4.39 Å². The Morgan fingerprint density at radius 2 is 2.04 bits per heavy atom. The van der Waals surface area contributed by atoms with Crippen molar-refractivity contribution >= 4 is 5.96 Å². The van der Waals surface area contributed by atoms with Crippen LogP contribution in [0.25, 0.3) is 0 Å². The van der Waals surface area contributed by atoms with Gasteiger partial charge in [0.2, 0.25) is 0 Å². The predicted molar refractivity (Wildman–Crippen MR) is 102 cm³/mol. The minimum atomic E-state index is -0.227. The molecule has 1 aliphatic rings. The minimum absolute atomic E-state index is 0.180. The van der Waals surface area contributed by atoms with Gasteiger partial charge in [0.05, 0.1) is 6.04 Å². The zero-order valence-corrected chi connectivity index (χ0v) is 15.5. The van der Waals surface area contributed by atoms with Crippen LogP contribution in [-0.2, 0) is 6.54 Å². The standard InChI is InChI=1S/C20H27FN4O/c1-15-8-9-19(26-15)18(25-10-3-4-11-25)14-24-20(22-2)23-13-16-6-5-7-17(21)12-16/h5-9,12,18H,3-4,10-11,13-14H2,1-2H3,(H2,22,23,24). The molecule has 0 amide bonds. The minimum Gasteiger partial charge on any atom is -0.465 e. The van der Waals surface area contributed by atoms with Gasteiger partial charge in [-0.2, -0.15) is 0 Å². The molecule has 1 atom stereocenters. The topological polar surface area (TPSA) is 52.8 Å². The fourth-order valence-corrected chi connectivity index (χ4v) is 3.34. The quantitative estimate of drug-likeness (QED) is 0.615. The molecule has 1 unspecified atom stereocenters. The first-order chi connectivity index (χ1) is 12.7. The van der Waals surface area contributed by atoms with Gasteiger partial charge in [-0.3, -0.25) is 9.89 Å². The van der Waals surface area contributed by atoms with Crippen LogP contribution in [0, 0.1) is 12.7 Å². The Kier molecular flexibility index (Phi) is 6.28. The Balaban J connectivity index is 1.59. The van der Waals surface area contributed by atoms with Gasteiger partial charge in [0, 0.05) is 20.1 Å². The number of furan rings is 1. The van der Waals surface area contributed by atoms with Crippen molar-refractivity contribution in [2.45, 2.75) is 32.4 Å². The summed E-state index contributed by atoms with van der Waals surface area (Å²) in [5.41, 5.74) is 0.880. The largest absolute Gasteiger partial charge is 0.465 e. The second kappa shape index (κ2) is 8.85. The van der Waals surface area contributed by atoms with Gasteiger partial charge in [-0.15, -0.1) is 0 Å². The van der Waals surface area contributed by atoms with Gasteiger partial charge in [-0.05, 0) is 62.7 Å². The average Bonchev–Trinajstić information content (AvgIpc) is 3.30. The monoisotopic (exact) mass is 358 g/mol. The predicted octanol–water partition coefficient (Wildman–Crippen LogP) is 3.23. The number of guanidine groups is 1. The van der Waals surface area contributed by atoms with Crippen LogP contribution in [0.5, 0.6) is 0 Å². The Morgan fingerprint density at radius 1 is 1.23 bits per heavy atom.